The van der Waals surface area contributed by atoms with Gasteiger partial charge in [-0.3, -0.25) is 0 Å². The van der Waals surface area contributed by atoms with Crippen LogP contribution in [0.5, 0.6) is 0 Å². The lowest BCUT2D eigenvalue weighted by molar-refractivity contribution is 0.667. The minimum Gasteiger partial charge on any atom is -0.454 e. The summed E-state index contributed by atoms with van der Waals surface area (Å²) < 4.78 is 9.48. The molecular formula is C59H36N4O. The summed E-state index contributed by atoms with van der Waals surface area (Å²) in [5.41, 5.74) is 11.8. The molecule has 0 atom stereocenters. The predicted octanol–water partition coefficient (Wildman–Crippen LogP) is 15.5. The third-order valence-corrected chi connectivity index (χ3v) is 12.6. The Hall–Kier alpha value is -8.67. The van der Waals surface area contributed by atoms with Crippen molar-refractivity contribution < 1.29 is 4.42 Å². The van der Waals surface area contributed by atoms with E-state index in [2.05, 4.69) is 211 Å². The number of para-hydroxylation sites is 1. The number of benzene rings is 10. The Kier molecular flexibility index (Phi) is 8.15. The Labute approximate surface area is 368 Å². The van der Waals surface area contributed by atoms with Crippen LogP contribution in [-0.4, -0.2) is 19.5 Å². The maximum absolute atomic E-state index is 7.11. The molecule has 0 aliphatic carbocycles. The van der Waals surface area contributed by atoms with E-state index >= 15 is 0 Å². The zero-order valence-corrected chi connectivity index (χ0v) is 34.5. The van der Waals surface area contributed by atoms with Crippen molar-refractivity contribution in [2.24, 2.45) is 0 Å². The number of rotatable bonds is 6. The maximum Gasteiger partial charge on any atom is 0.166 e. The van der Waals surface area contributed by atoms with E-state index in [1.54, 1.807) is 0 Å². The third kappa shape index (κ3) is 5.90. The fourth-order valence-electron chi connectivity index (χ4n) is 9.45. The summed E-state index contributed by atoms with van der Waals surface area (Å²) >= 11 is 0. The first-order chi connectivity index (χ1) is 31.7. The monoisotopic (exact) mass is 816 g/mol. The lowest BCUT2D eigenvalue weighted by Crippen LogP contribution is -2.04. The molecule has 0 fully saturated rings. The van der Waals surface area contributed by atoms with E-state index < -0.39 is 0 Å². The number of hydrogen-bond donors (Lipinski definition) is 0. The van der Waals surface area contributed by atoms with Crippen LogP contribution in [0.15, 0.2) is 223 Å². The Morgan fingerprint density at radius 2 is 0.781 bits per heavy atom. The molecule has 0 aliphatic rings. The van der Waals surface area contributed by atoms with Crippen molar-refractivity contribution in [1.29, 1.82) is 0 Å². The summed E-state index contributed by atoms with van der Waals surface area (Å²) in [5.74, 6) is 1.72. The molecule has 0 saturated heterocycles. The molecular weight excluding hydrogens is 781 g/mol. The molecule has 0 radical (unpaired) electrons. The molecule has 0 N–H and O–H groups in total. The van der Waals surface area contributed by atoms with Crippen LogP contribution in [0, 0.1) is 0 Å². The van der Waals surface area contributed by atoms with Gasteiger partial charge in [-0.2, -0.15) is 0 Å². The first kappa shape index (κ1) is 36.0. The van der Waals surface area contributed by atoms with Crippen LogP contribution in [0.3, 0.4) is 0 Å². The minimum atomic E-state index is 0.550. The second-order valence-electron chi connectivity index (χ2n) is 16.4. The topological polar surface area (TPSA) is 56.7 Å². The van der Waals surface area contributed by atoms with Gasteiger partial charge >= 0.3 is 0 Å². The standard InChI is InChI=1S/C59H36N4O/c1-3-13-37(14-4-1)39-23-27-41(28-24-39)57-60-58(42-29-25-40(26-30-42)38-15-5-2-6-16-38)62-59(61-57)49-32-31-48-51-34-44-18-8-10-20-46(44)36-54(51)64-56(48)55(49)63-52-22-12-11-21-47(52)50-33-43-17-7-9-19-45(43)35-53(50)63/h1-36H. The molecule has 0 spiro atoms. The molecule has 13 aromatic rings. The van der Waals surface area contributed by atoms with Crippen LogP contribution < -0.4 is 0 Å². The molecule has 0 bridgehead atoms. The number of hydrogen-bond acceptors (Lipinski definition) is 4. The number of aromatic nitrogens is 4. The lowest BCUT2D eigenvalue weighted by atomic mass is 10.0. The van der Waals surface area contributed by atoms with Crippen molar-refractivity contribution in [3.05, 3.63) is 218 Å². The number of furan rings is 1. The zero-order chi connectivity index (χ0) is 42.1. The van der Waals surface area contributed by atoms with Crippen LogP contribution >= 0.6 is 0 Å². The van der Waals surface area contributed by atoms with Gasteiger partial charge in [0.2, 0.25) is 0 Å². The average Bonchev–Trinajstić information content (AvgIpc) is 3.89. The van der Waals surface area contributed by atoms with Crippen molar-refractivity contribution in [2.75, 3.05) is 0 Å². The van der Waals surface area contributed by atoms with E-state index in [1.807, 2.05) is 12.1 Å². The summed E-state index contributed by atoms with van der Waals surface area (Å²) in [6, 6.07) is 76.9. The van der Waals surface area contributed by atoms with E-state index in [4.69, 9.17) is 19.4 Å². The molecule has 3 heterocycles. The summed E-state index contributed by atoms with van der Waals surface area (Å²) in [6.45, 7) is 0. The number of nitrogens with zero attached hydrogens (tertiary/aromatic N) is 4. The highest BCUT2D eigenvalue weighted by Gasteiger charge is 2.25. The number of fused-ring (bicyclic) bond motifs is 8. The van der Waals surface area contributed by atoms with E-state index in [0.29, 0.717) is 17.5 Å². The molecule has 5 heteroatoms. The normalized spacial score (nSPS) is 11.8. The third-order valence-electron chi connectivity index (χ3n) is 12.6. The van der Waals surface area contributed by atoms with Gasteiger partial charge in [0.05, 0.1) is 11.0 Å². The van der Waals surface area contributed by atoms with Gasteiger partial charge in [-0.1, -0.05) is 176 Å². The van der Waals surface area contributed by atoms with E-state index in [-0.39, 0.29) is 0 Å². The molecule has 298 valence electrons. The van der Waals surface area contributed by atoms with Crippen molar-refractivity contribution in [1.82, 2.24) is 19.5 Å². The Morgan fingerprint density at radius 1 is 0.312 bits per heavy atom. The first-order valence-electron chi connectivity index (χ1n) is 21.6. The molecule has 3 aromatic heterocycles. The summed E-state index contributed by atoms with van der Waals surface area (Å²) in [4.78, 5) is 16.0. The molecule has 0 saturated carbocycles. The van der Waals surface area contributed by atoms with Crippen molar-refractivity contribution in [3.63, 3.8) is 0 Å². The lowest BCUT2D eigenvalue weighted by Gasteiger charge is -2.15. The summed E-state index contributed by atoms with van der Waals surface area (Å²) in [5, 5.41) is 9.03. The molecule has 0 aliphatic heterocycles. The second-order valence-corrected chi connectivity index (χ2v) is 16.4. The molecule has 5 nitrogen and oxygen atoms in total. The van der Waals surface area contributed by atoms with Crippen LogP contribution in [0.2, 0.25) is 0 Å². The van der Waals surface area contributed by atoms with E-state index in [9.17, 15) is 0 Å². The fraction of sp³-hybridized carbons (Fsp3) is 0. The largest absolute Gasteiger partial charge is 0.454 e. The van der Waals surface area contributed by atoms with Gasteiger partial charge in [-0.05, 0) is 86.3 Å². The highest BCUT2D eigenvalue weighted by Crippen LogP contribution is 2.44. The highest BCUT2D eigenvalue weighted by molar-refractivity contribution is 6.17. The van der Waals surface area contributed by atoms with Crippen LogP contribution in [0.25, 0.3) is 127 Å². The predicted molar refractivity (Wildman–Crippen MR) is 264 cm³/mol. The van der Waals surface area contributed by atoms with Gasteiger partial charge in [0, 0.05) is 38.2 Å². The van der Waals surface area contributed by atoms with Gasteiger partial charge in [-0.25, -0.2) is 15.0 Å². The van der Waals surface area contributed by atoms with Gasteiger partial charge < -0.3 is 8.98 Å². The van der Waals surface area contributed by atoms with Crippen molar-refractivity contribution in [2.45, 2.75) is 0 Å². The summed E-state index contributed by atoms with van der Waals surface area (Å²) in [6.07, 6.45) is 0. The molecule has 13 rings (SSSR count). The van der Waals surface area contributed by atoms with Crippen molar-refractivity contribution in [3.8, 4) is 62.1 Å². The Bertz CT molecular complexity index is 3830. The second kappa shape index (κ2) is 14.5. The van der Waals surface area contributed by atoms with Gasteiger partial charge in [0.1, 0.15) is 11.3 Å². The molecule has 64 heavy (non-hydrogen) atoms. The highest BCUT2D eigenvalue weighted by atomic mass is 16.3. The fourth-order valence-corrected chi connectivity index (χ4v) is 9.45. The van der Waals surface area contributed by atoms with Gasteiger partial charge in [-0.15, -0.1) is 0 Å². The Morgan fingerprint density at radius 3 is 1.39 bits per heavy atom. The maximum atomic E-state index is 7.11. The van der Waals surface area contributed by atoms with Crippen LogP contribution in [0.1, 0.15) is 0 Å². The van der Waals surface area contributed by atoms with Gasteiger partial charge in [0.25, 0.3) is 0 Å². The first-order valence-corrected chi connectivity index (χ1v) is 21.6. The van der Waals surface area contributed by atoms with E-state index in [0.717, 1.165) is 105 Å². The molecule has 10 aromatic carbocycles. The molecule has 0 amide bonds. The van der Waals surface area contributed by atoms with Crippen molar-refractivity contribution >= 4 is 65.3 Å². The van der Waals surface area contributed by atoms with E-state index in [1.165, 1.54) is 5.39 Å². The average molecular weight is 817 g/mol. The summed E-state index contributed by atoms with van der Waals surface area (Å²) in [7, 11) is 0. The van der Waals surface area contributed by atoms with Crippen LogP contribution in [-0.2, 0) is 0 Å². The Balaban J connectivity index is 1.10. The quantitative estimate of drug-likeness (QED) is 0.168. The smallest absolute Gasteiger partial charge is 0.166 e. The van der Waals surface area contributed by atoms with Crippen LogP contribution in [0.4, 0.5) is 0 Å². The minimum absolute atomic E-state index is 0.550. The molecule has 0 unspecified atom stereocenters. The zero-order valence-electron chi connectivity index (χ0n) is 34.5. The van der Waals surface area contributed by atoms with Gasteiger partial charge in [0.15, 0.2) is 23.1 Å². The SMILES string of the molecule is c1ccc(-c2ccc(-c3nc(-c4ccc(-c5ccccc5)cc4)nc(-c4ccc5c(oc6cc7ccccc7cc65)c4-n4c5ccccc5c5cc6ccccc6cc54)n3)cc2)cc1.